The number of aromatic nitrogens is 2. The first-order valence-corrected chi connectivity index (χ1v) is 6.87. The van der Waals surface area contributed by atoms with Crippen molar-refractivity contribution in [2.75, 3.05) is 40.9 Å². The van der Waals surface area contributed by atoms with Gasteiger partial charge in [-0.2, -0.15) is 0 Å². The zero-order chi connectivity index (χ0) is 15.5. The van der Waals surface area contributed by atoms with Gasteiger partial charge in [-0.3, -0.25) is 9.69 Å². The molecule has 0 N–H and O–H groups in total. The SMILES string of the molecule is COc1ncc(CN2CCO[C@@](C)(C(=O)N(C)C)C2)cn1. The summed E-state index contributed by atoms with van der Waals surface area (Å²) >= 11 is 0. The van der Waals surface area contributed by atoms with Gasteiger partial charge in [0.05, 0.1) is 13.7 Å². The maximum absolute atomic E-state index is 12.2. The number of carbonyl (C=O) groups excluding carboxylic acids is 1. The molecule has 1 saturated heterocycles. The first-order valence-electron chi connectivity index (χ1n) is 6.87. The Bertz CT molecular complexity index is 491. The van der Waals surface area contributed by atoms with Crippen LogP contribution in [-0.2, 0) is 16.1 Å². The van der Waals surface area contributed by atoms with Gasteiger partial charge in [-0.05, 0) is 6.92 Å². The predicted molar refractivity (Wildman–Crippen MR) is 76.9 cm³/mol. The van der Waals surface area contributed by atoms with Gasteiger partial charge in [-0.25, -0.2) is 9.97 Å². The van der Waals surface area contributed by atoms with E-state index in [4.69, 9.17) is 9.47 Å². The summed E-state index contributed by atoms with van der Waals surface area (Å²) in [6, 6.07) is 0.355. The second-order valence-electron chi connectivity index (χ2n) is 5.57. The van der Waals surface area contributed by atoms with E-state index < -0.39 is 5.60 Å². The molecule has 1 aliphatic heterocycles. The lowest BCUT2D eigenvalue weighted by Gasteiger charge is -2.40. The van der Waals surface area contributed by atoms with E-state index in [-0.39, 0.29) is 5.91 Å². The van der Waals surface area contributed by atoms with Crippen molar-refractivity contribution >= 4 is 5.91 Å². The van der Waals surface area contributed by atoms with Gasteiger partial charge < -0.3 is 14.4 Å². The maximum Gasteiger partial charge on any atom is 0.316 e. The fourth-order valence-corrected chi connectivity index (χ4v) is 2.48. The first kappa shape index (κ1) is 15.7. The van der Waals surface area contributed by atoms with E-state index >= 15 is 0 Å². The number of carbonyl (C=O) groups is 1. The van der Waals surface area contributed by atoms with Crippen LogP contribution in [0.15, 0.2) is 12.4 Å². The molecule has 7 nitrogen and oxygen atoms in total. The van der Waals surface area contributed by atoms with E-state index in [0.717, 1.165) is 12.1 Å². The summed E-state index contributed by atoms with van der Waals surface area (Å²) in [5, 5.41) is 0. The highest BCUT2D eigenvalue weighted by atomic mass is 16.5. The Balaban J connectivity index is 2.02. The van der Waals surface area contributed by atoms with Gasteiger partial charge in [0.2, 0.25) is 0 Å². The van der Waals surface area contributed by atoms with Crippen molar-refractivity contribution in [1.29, 1.82) is 0 Å². The molecule has 1 aromatic rings. The van der Waals surface area contributed by atoms with Crippen molar-refractivity contribution in [1.82, 2.24) is 19.8 Å². The van der Waals surface area contributed by atoms with Crippen molar-refractivity contribution < 1.29 is 14.3 Å². The Morgan fingerprint density at radius 3 is 2.71 bits per heavy atom. The summed E-state index contributed by atoms with van der Waals surface area (Å²) in [6.45, 7) is 4.39. The number of methoxy groups -OCH3 is 1. The number of likely N-dealkylation sites (N-methyl/N-ethyl adjacent to an activating group) is 1. The first-order chi connectivity index (χ1) is 9.94. The van der Waals surface area contributed by atoms with E-state index in [1.165, 1.54) is 7.11 Å². The molecule has 1 aromatic heterocycles. The van der Waals surface area contributed by atoms with Crippen LogP contribution < -0.4 is 4.74 Å². The third kappa shape index (κ3) is 3.68. The molecule has 0 bridgehead atoms. The molecule has 1 amide bonds. The Morgan fingerprint density at radius 2 is 2.14 bits per heavy atom. The standard InChI is InChI=1S/C14H22N4O3/c1-14(12(19)17(2)3)10-18(5-6-21-14)9-11-7-15-13(20-4)16-8-11/h7-8H,5-6,9-10H2,1-4H3/t14-/m1/s1. The molecular formula is C14H22N4O3. The van der Waals surface area contributed by atoms with Gasteiger partial charge in [0.15, 0.2) is 5.60 Å². The van der Waals surface area contributed by atoms with Gasteiger partial charge in [0.1, 0.15) is 0 Å². The quantitative estimate of drug-likeness (QED) is 0.788. The molecule has 0 radical (unpaired) electrons. The van der Waals surface area contributed by atoms with Crippen LogP contribution in [0.4, 0.5) is 0 Å². The van der Waals surface area contributed by atoms with E-state index in [9.17, 15) is 4.79 Å². The molecule has 0 unspecified atom stereocenters. The number of rotatable bonds is 4. The van der Waals surface area contributed by atoms with Crippen molar-refractivity contribution in [2.45, 2.75) is 19.1 Å². The van der Waals surface area contributed by atoms with Crippen LogP contribution in [0.25, 0.3) is 0 Å². The smallest absolute Gasteiger partial charge is 0.316 e. The Morgan fingerprint density at radius 1 is 1.48 bits per heavy atom. The Labute approximate surface area is 124 Å². The summed E-state index contributed by atoms with van der Waals surface area (Å²) in [5.41, 5.74) is 0.187. The van der Waals surface area contributed by atoms with Crippen LogP contribution in [-0.4, -0.2) is 72.2 Å². The predicted octanol–water partition coefficient (Wildman–Crippen LogP) is 0.164. The third-order valence-corrected chi connectivity index (χ3v) is 3.48. The molecule has 2 rings (SSSR count). The highest BCUT2D eigenvalue weighted by molar-refractivity contribution is 5.84. The second kappa shape index (κ2) is 6.36. The van der Waals surface area contributed by atoms with E-state index in [2.05, 4.69) is 14.9 Å². The molecule has 1 atom stereocenters. The summed E-state index contributed by atoms with van der Waals surface area (Å²) in [5.74, 6) is -0.0156. The van der Waals surface area contributed by atoms with Crippen LogP contribution in [0.3, 0.4) is 0 Å². The number of nitrogens with zero attached hydrogens (tertiary/aromatic N) is 4. The number of amides is 1. The summed E-state index contributed by atoms with van der Waals surface area (Å²) in [6.07, 6.45) is 3.48. The number of hydrogen-bond acceptors (Lipinski definition) is 6. The van der Waals surface area contributed by atoms with Gasteiger partial charge in [0.25, 0.3) is 5.91 Å². The molecule has 0 saturated carbocycles. The molecule has 0 aromatic carbocycles. The minimum atomic E-state index is -0.797. The zero-order valence-electron chi connectivity index (χ0n) is 13.0. The van der Waals surface area contributed by atoms with Crippen LogP contribution >= 0.6 is 0 Å². The Kier molecular flexibility index (Phi) is 4.74. The van der Waals surface area contributed by atoms with E-state index in [1.54, 1.807) is 31.4 Å². The lowest BCUT2D eigenvalue weighted by atomic mass is 10.0. The van der Waals surface area contributed by atoms with E-state index in [0.29, 0.717) is 25.7 Å². The molecule has 7 heteroatoms. The fourth-order valence-electron chi connectivity index (χ4n) is 2.48. The van der Waals surface area contributed by atoms with Gasteiger partial charge in [-0.15, -0.1) is 0 Å². The Hall–Kier alpha value is -1.73. The average Bonchev–Trinajstić information content (AvgIpc) is 2.47. The number of ether oxygens (including phenoxy) is 2. The van der Waals surface area contributed by atoms with Gasteiger partial charge >= 0.3 is 6.01 Å². The van der Waals surface area contributed by atoms with Crippen LogP contribution in [0, 0.1) is 0 Å². The normalized spacial score (nSPS) is 22.9. The lowest BCUT2D eigenvalue weighted by molar-refractivity contribution is -0.165. The maximum atomic E-state index is 12.2. The van der Waals surface area contributed by atoms with Crippen LogP contribution in [0.2, 0.25) is 0 Å². The highest BCUT2D eigenvalue weighted by Gasteiger charge is 2.40. The topological polar surface area (TPSA) is 67.8 Å². The molecule has 116 valence electrons. The van der Waals surface area contributed by atoms with Gasteiger partial charge in [0, 0.05) is 51.7 Å². The minimum absolute atomic E-state index is 0.0156. The minimum Gasteiger partial charge on any atom is -0.467 e. The zero-order valence-corrected chi connectivity index (χ0v) is 13.0. The molecular weight excluding hydrogens is 272 g/mol. The largest absolute Gasteiger partial charge is 0.467 e. The summed E-state index contributed by atoms with van der Waals surface area (Å²) < 4.78 is 10.7. The lowest BCUT2D eigenvalue weighted by Crippen LogP contribution is -2.57. The highest BCUT2D eigenvalue weighted by Crippen LogP contribution is 2.21. The molecule has 1 fully saturated rings. The second-order valence-corrected chi connectivity index (χ2v) is 5.57. The molecule has 1 aliphatic rings. The van der Waals surface area contributed by atoms with Crippen molar-refractivity contribution in [3.05, 3.63) is 18.0 Å². The van der Waals surface area contributed by atoms with Crippen molar-refractivity contribution in [2.24, 2.45) is 0 Å². The number of hydrogen-bond donors (Lipinski definition) is 0. The molecule has 0 spiro atoms. The molecule has 21 heavy (non-hydrogen) atoms. The van der Waals surface area contributed by atoms with Crippen LogP contribution in [0.5, 0.6) is 6.01 Å². The summed E-state index contributed by atoms with van der Waals surface area (Å²) in [7, 11) is 5.02. The number of morpholine rings is 1. The monoisotopic (exact) mass is 294 g/mol. The van der Waals surface area contributed by atoms with Crippen molar-refractivity contribution in [3.63, 3.8) is 0 Å². The average molecular weight is 294 g/mol. The summed E-state index contributed by atoms with van der Waals surface area (Å²) in [4.78, 5) is 24.2. The van der Waals surface area contributed by atoms with Crippen molar-refractivity contribution in [3.8, 4) is 6.01 Å². The van der Waals surface area contributed by atoms with Gasteiger partial charge in [-0.1, -0.05) is 0 Å². The molecule has 0 aliphatic carbocycles. The van der Waals surface area contributed by atoms with E-state index in [1.807, 2.05) is 6.92 Å². The molecule has 2 heterocycles. The third-order valence-electron chi connectivity index (χ3n) is 3.48. The fraction of sp³-hybridized carbons (Fsp3) is 0.643. The van der Waals surface area contributed by atoms with Crippen LogP contribution in [0.1, 0.15) is 12.5 Å².